The highest BCUT2D eigenvalue weighted by molar-refractivity contribution is 7.89. The van der Waals surface area contributed by atoms with Gasteiger partial charge < -0.3 is 9.32 Å². The zero-order valence-corrected chi connectivity index (χ0v) is 15.7. The van der Waals surface area contributed by atoms with Gasteiger partial charge in [-0.1, -0.05) is 6.07 Å². The van der Waals surface area contributed by atoms with E-state index in [0.717, 1.165) is 16.5 Å². The van der Waals surface area contributed by atoms with E-state index in [0.29, 0.717) is 37.5 Å². The first-order valence-electron chi connectivity index (χ1n) is 8.90. The Bertz CT molecular complexity index is 1200. The Morgan fingerprint density at radius 3 is 2.50 bits per heavy atom. The average molecular weight is 395 g/mol. The van der Waals surface area contributed by atoms with E-state index in [1.807, 2.05) is 0 Å². The third-order valence-electron chi connectivity index (χ3n) is 5.23. The van der Waals surface area contributed by atoms with Gasteiger partial charge >= 0.3 is 0 Å². The SMILES string of the molecule is O=C(c1ccccn1)N1CC2=C(C1)CN(S(=O)(=O)c1ccc3occc3c1)C2. The molecule has 0 radical (unpaired) electrons. The predicted octanol–water partition coefficient (Wildman–Crippen LogP) is 2.28. The van der Waals surface area contributed by atoms with Crippen molar-refractivity contribution in [2.45, 2.75) is 4.90 Å². The number of carbonyl (C=O) groups excluding carboxylic acids is 1. The van der Waals surface area contributed by atoms with Crippen LogP contribution in [0.15, 0.2) is 75.4 Å². The van der Waals surface area contributed by atoms with Crippen LogP contribution in [0.2, 0.25) is 0 Å². The van der Waals surface area contributed by atoms with Gasteiger partial charge in [-0.3, -0.25) is 9.78 Å². The molecule has 142 valence electrons. The first kappa shape index (κ1) is 17.2. The van der Waals surface area contributed by atoms with Crippen LogP contribution in [-0.4, -0.2) is 54.7 Å². The molecule has 2 aromatic heterocycles. The minimum atomic E-state index is -3.61. The summed E-state index contributed by atoms with van der Waals surface area (Å²) in [7, 11) is -3.61. The summed E-state index contributed by atoms with van der Waals surface area (Å²) in [6.07, 6.45) is 3.13. The van der Waals surface area contributed by atoms with Gasteiger partial charge in [-0.25, -0.2) is 8.42 Å². The van der Waals surface area contributed by atoms with Crippen molar-refractivity contribution in [2.24, 2.45) is 0 Å². The number of aromatic nitrogens is 1. The van der Waals surface area contributed by atoms with Crippen LogP contribution >= 0.6 is 0 Å². The number of rotatable bonds is 3. The zero-order valence-electron chi connectivity index (χ0n) is 14.9. The number of pyridine rings is 1. The maximum Gasteiger partial charge on any atom is 0.273 e. The van der Waals surface area contributed by atoms with Gasteiger partial charge in [-0.05, 0) is 47.5 Å². The van der Waals surface area contributed by atoms with Gasteiger partial charge in [0, 0.05) is 37.8 Å². The molecular weight excluding hydrogens is 378 g/mol. The molecule has 1 aromatic carbocycles. The second-order valence-corrected chi connectivity index (χ2v) is 8.91. The summed E-state index contributed by atoms with van der Waals surface area (Å²) >= 11 is 0. The van der Waals surface area contributed by atoms with Gasteiger partial charge in [0.15, 0.2) is 0 Å². The second-order valence-electron chi connectivity index (χ2n) is 6.98. The largest absolute Gasteiger partial charge is 0.464 e. The molecule has 7 nitrogen and oxygen atoms in total. The number of hydrogen-bond acceptors (Lipinski definition) is 5. The number of amides is 1. The summed E-state index contributed by atoms with van der Waals surface area (Å²) in [5.74, 6) is -0.130. The van der Waals surface area contributed by atoms with E-state index < -0.39 is 10.0 Å². The third kappa shape index (κ3) is 2.73. The number of fused-ring (bicyclic) bond motifs is 1. The van der Waals surface area contributed by atoms with Crippen molar-refractivity contribution >= 4 is 26.9 Å². The van der Waals surface area contributed by atoms with E-state index >= 15 is 0 Å². The maximum absolute atomic E-state index is 13.0. The van der Waals surface area contributed by atoms with Crippen molar-refractivity contribution in [1.29, 1.82) is 0 Å². The molecule has 0 unspecified atom stereocenters. The summed E-state index contributed by atoms with van der Waals surface area (Å²) < 4.78 is 32.8. The maximum atomic E-state index is 13.0. The van der Waals surface area contributed by atoms with Crippen LogP contribution < -0.4 is 0 Å². The summed E-state index contributed by atoms with van der Waals surface area (Å²) in [6.45, 7) is 1.51. The highest BCUT2D eigenvalue weighted by Gasteiger charge is 2.38. The molecule has 0 N–H and O–H groups in total. The lowest BCUT2D eigenvalue weighted by Crippen LogP contribution is -2.36. The van der Waals surface area contributed by atoms with Crippen LogP contribution in [0.5, 0.6) is 0 Å². The first-order valence-corrected chi connectivity index (χ1v) is 10.3. The molecule has 0 atom stereocenters. The summed E-state index contributed by atoms with van der Waals surface area (Å²) in [4.78, 5) is 18.7. The minimum absolute atomic E-state index is 0.130. The van der Waals surface area contributed by atoms with E-state index in [-0.39, 0.29) is 10.8 Å². The number of carbonyl (C=O) groups is 1. The van der Waals surface area contributed by atoms with Crippen LogP contribution in [0.25, 0.3) is 11.0 Å². The van der Waals surface area contributed by atoms with Gasteiger partial charge in [0.25, 0.3) is 5.91 Å². The summed E-state index contributed by atoms with van der Waals surface area (Å²) in [5, 5.41) is 0.757. The lowest BCUT2D eigenvalue weighted by atomic mass is 10.2. The molecular formula is C20H17N3O4S. The monoisotopic (exact) mass is 395 g/mol. The minimum Gasteiger partial charge on any atom is -0.464 e. The van der Waals surface area contributed by atoms with Crippen molar-refractivity contribution in [3.8, 4) is 0 Å². The van der Waals surface area contributed by atoms with E-state index in [4.69, 9.17) is 4.42 Å². The molecule has 0 fully saturated rings. The molecule has 0 bridgehead atoms. The van der Waals surface area contributed by atoms with Gasteiger partial charge in [0.05, 0.1) is 11.2 Å². The number of hydrogen-bond donors (Lipinski definition) is 0. The van der Waals surface area contributed by atoms with E-state index in [9.17, 15) is 13.2 Å². The molecule has 2 aliphatic heterocycles. The molecule has 1 amide bonds. The Labute approximate surface area is 161 Å². The molecule has 3 aromatic rings. The Morgan fingerprint density at radius 2 is 1.79 bits per heavy atom. The van der Waals surface area contributed by atoms with Gasteiger partial charge in [0.1, 0.15) is 11.3 Å². The fourth-order valence-corrected chi connectivity index (χ4v) is 5.23. The van der Waals surface area contributed by atoms with E-state index in [2.05, 4.69) is 4.98 Å². The Morgan fingerprint density at radius 1 is 1.00 bits per heavy atom. The highest BCUT2D eigenvalue weighted by atomic mass is 32.2. The third-order valence-corrected chi connectivity index (χ3v) is 7.02. The molecule has 8 heteroatoms. The number of benzene rings is 1. The van der Waals surface area contributed by atoms with E-state index in [1.165, 1.54) is 4.31 Å². The van der Waals surface area contributed by atoms with E-state index in [1.54, 1.807) is 59.8 Å². The Hall–Kier alpha value is -2.97. The summed E-state index contributed by atoms with van der Waals surface area (Å²) in [5.41, 5.74) is 3.06. The van der Waals surface area contributed by atoms with Gasteiger partial charge in [-0.2, -0.15) is 4.31 Å². The number of furan rings is 1. The van der Waals surface area contributed by atoms with Crippen LogP contribution in [-0.2, 0) is 10.0 Å². The molecule has 0 saturated carbocycles. The quantitative estimate of drug-likeness (QED) is 0.636. The molecule has 0 aliphatic carbocycles. The molecule has 28 heavy (non-hydrogen) atoms. The molecule has 0 saturated heterocycles. The number of sulfonamides is 1. The topological polar surface area (TPSA) is 83.7 Å². The van der Waals surface area contributed by atoms with Crippen molar-refractivity contribution in [1.82, 2.24) is 14.2 Å². The normalized spacial score (nSPS) is 17.5. The standard InChI is InChI=1S/C20H17N3O4S/c24-20(18-3-1-2-7-21-18)22-10-15-12-23(13-16(15)11-22)28(25,26)17-4-5-19-14(9-17)6-8-27-19/h1-9H,10-13H2. The van der Waals surface area contributed by atoms with Crippen LogP contribution in [0.4, 0.5) is 0 Å². The lowest BCUT2D eigenvalue weighted by Gasteiger charge is -2.22. The fraction of sp³-hybridized carbons (Fsp3) is 0.200. The van der Waals surface area contributed by atoms with Crippen molar-refractivity contribution < 1.29 is 17.6 Å². The second kappa shape index (κ2) is 6.29. The lowest BCUT2D eigenvalue weighted by molar-refractivity contribution is 0.0787. The number of nitrogens with zero attached hydrogens (tertiary/aromatic N) is 3. The zero-order chi connectivity index (χ0) is 19.3. The molecule has 2 aliphatic rings. The summed E-state index contributed by atoms with van der Waals surface area (Å²) in [6, 6.07) is 11.9. The van der Waals surface area contributed by atoms with Crippen LogP contribution in [0.1, 0.15) is 10.5 Å². The van der Waals surface area contributed by atoms with Crippen molar-refractivity contribution in [3.63, 3.8) is 0 Å². The fourth-order valence-electron chi connectivity index (χ4n) is 3.76. The Kier molecular flexibility index (Phi) is 3.85. The van der Waals surface area contributed by atoms with Crippen molar-refractivity contribution in [3.05, 3.63) is 71.8 Å². The molecule has 0 spiro atoms. The molecule has 4 heterocycles. The first-order chi connectivity index (χ1) is 13.5. The van der Waals surface area contributed by atoms with Crippen molar-refractivity contribution in [2.75, 3.05) is 26.2 Å². The smallest absolute Gasteiger partial charge is 0.273 e. The highest BCUT2D eigenvalue weighted by Crippen LogP contribution is 2.31. The van der Waals surface area contributed by atoms with Crippen LogP contribution in [0.3, 0.4) is 0 Å². The Balaban J connectivity index is 1.32. The van der Waals surface area contributed by atoms with Gasteiger partial charge in [0.2, 0.25) is 10.0 Å². The average Bonchev–Trinajstić information content (AvgIpc) is 3.41. The van der Waals surface area contributed by atoms with Crippen LogP contribution in [0, 0.1) is 0 Å². The molecule has 5 rings (SSSR count). The van der Waals surface area contributed by atoms with Gasteiger partial charge in [-0.15, -0.1) is 0 Å². The predicted molar refractivity (Wildman–Crippen MR) is 102 cm³/mol.